The summed E-state index contributed by atoms with van der Waals surface area (Å²) in [7, 11) is 0. The summed E-state index contributed by atoms with van der Waals surface area (Å²) in [6, 6.07) is 0. The van der Waals surface area contributed by atoms with Crippen LogP contribution in [-0.2, 0) is 28.4 Å². The second-order valence-electron chi connectivity index (χ2n) is 18.3. The Hall–Kier alpha value is -0.780. The van der Waals surface area contributed by atoms with Gasteiger partial charge in [-0.2, -0.15) is 0 Å². The molecule has 4 heterocycles. The maximum absolute atomic E-state index is 12.0. The normalized spacial score (nSPS) is 58.9. The van der Waals surface area contributed by atoms with Gasteiger partial charge in [0.25, 0.3) is 0 Å². The van der Waals surface area contributed by atoms with Crippen molar-refractivity contribution >= 4 is 0 Å². The van der Waals surface area contributed by atoms with Crippen molar-refractivity contribution in [3.05, 3.63) is 11.6 Å². The van der Waals surface area contributed by atoms with Gasteiger partial charge in [0.05, 0.1) is 37.6 Å². The molecule has 0 bridgehead atoms. The minimum atomic E-state index is -1.70. The Labute approximate surface area is 306 Å². The summed E-state index contributed by atoms with van der Waals surface area (Å²) in [5.41, 5.74) is 0.945. The first-order valence-electron chi connectivity index (χ1n) is 19.9. The number of aliphatic hydroxyl groups excluding tert-OH is 7. The Kier molecular flexibility index (Phi) is 10.0. The molecule has 8 aliphatic rings. The third-order valence-corrected chi connectivity index (χ3v) is 15.7. The minimum absolute atomic E-state index is 0.165. The van der Waals surface area contributed by atoms with Crippen molar-refractivity contribution in [1.82, 2.24) is 0 Å². The first-order valence-corrected chi connectivity index (χ1v) is 19.9. The fourth-order valence-corrected chi connectivity index (χ4v) is 12.6. The van der Waals surface area contributed by atoms with Crippen LogP contribution in [0.15, 0.2) is 11.6 Å². The lowest BCUT2D eigenvalue weighted by Crippen LogP contribution is -2.64. The third-order valence-electron chi connectivity index (χ3n) is 15.7. The van der Waals surface area contributed by atoms with E-state index >= 15 is 0 Å². The van der Waals surface area contributed by atoms with E-state index in [-0.39, 0.29) is 11.5 Å². The number of hydrogen-bond acceptors (Lipinski definition) is 13. The molecule has 0 aromatic carbocycles. The van der Waals surface area contributed by atoms with Crippen LogP contribution < -0.4 is 0 Å². The van der Waals surface area contributed by atoms with Crippen molar-refractivity contribution in [2.24, 2.45) is 46.3 Å². The molecule has 7 fully saturated rings. The van der Waals surface area contributed by atoms with Gasteiger partial charge in [0.2, 0.25) is 0 Å². The molecule has 4 aliphatic heterocycles. The van der Waals surface area contributed by atoms with E-state index in [0.29, 0.717) is 48.3 Å². The molecular formula is C39H62O13. The van der Waals surface area contributed by atoms with Gasteiger partial charge in [-0.3, -0.25) is 0 Å². The molecule has 4 saturated heterocycles. The van der Waals surface area contributed by atoms with Crippen LogP contribution in [0.2, 0.25) is 0 Å². The average Bonchev–Trinajstić information content (AvgIpc) is 3.56. The Morgan fingerprint density at radius 2 is 1.58 bits per heavy atom. The summed E-state index contributed by atoms with van der Waals surface area (Å²) in [6.45, 7) is 11.1. The van der Waals surface area contributed by atoms with Gasteiger partial charge >= 0.3 is 0 Å². The summed E-state index contributed by atoms with van der Waals surface area (Å²) < 4.78 is 37.0. The third kappa shape index (κ3) is 5.74. The summed E-state index contributed by atoms with van der Waals surface area (Å²) in [5, 5.41) is 74.8. The lowest BCUT2D eigenvalue weighted by molar-refractivity contribution is -0.361. The largest absolute Gasteiger partial charge is 0.394 e. The summed E-state index contributed by atoms with van der Waals surface area (Å²) in [4.78, 5) is 0. The quantitative estimate of drug-likeness (QED) is 0.200. The average molecular weight is 739 g/mol. The number of ether oxygens (including phenoxy) is 6. The summed E-state index contributed by atoms with van der Waals surface area (Å²) >= 11 is 0. The standard InChI is InChI=1S/C39H62O13/c1-17-8-11-39(47-16-17)18(2)28-25(52-39)14-24-22-7-6-20-12-21(13-27(41)38(20,5)23(22)9-10-37(24,28)4)49-36-33(46)34(29(42)19(3)48-36)51-35-32(45)31(44)30(43)26(15-40)50-35/h6,17-19,21-36,40-46H,7-16H2,1-5H3. The first kappa shape index (κ1) is 38.1. The molecule has 8 rings (SSSR count). The summed E-state index contributed by atoms with van der Waals surface area (Å²) in [6.07, 6.45) is -5.38. The molecule has 22 unspecified atom stereocenters. The Bertz CT molecular complexity index is 1340. The van der Waals surface area contributed by atoms with E-state index in [1.807, 2.05) is 0 Å². The molecular weight excluding hydrogens is 676 g/mol. The number of fused-ring (bicyclic) bond motifs is 7. The molecule has 7 N–H and O–H groups in total. The Morgan fingerprint density at radius 3 is 2.29 bits per heavy atom. The van der Waals surface area contributed by atoms with Crippen molar-refractivity contribution in [2.75, 3.05) is 13.2 Å². The Morgan fingerprint density at radius 1 is 0.827 bits per heavy atom. The van der Waals surface area contributed by atoms with E-state index in [1.165, 1.54) is 5.57 Å². The number of allylic oxidation sites excluding steroid dienone is 1. The zero-order valence-electron chi connectivity index (χ0n) is 31.2. The maximum atomic E-state index is 12.0. The molecule has 0 amide bonds. The predicted octanol–water partition coefficient (Wildman–Crippen LogP) is 1.36. The van der Waals surface area contributed by atoms with E-state index in [0.717, 1.165) is 45.1 Å². The zero-order valence-corrected chi connectivity index (χ0v) is 31.2. The van der Waals surface area contributed by atoms with Crippen LogP contribution in [0.25, 0.3) is 0 Å². The van der Waals surface area contributed by atoms with Crippen LogP contribution in [0.4, 0.5) is 0 Å². The van der Waals surface area contributed by atoms with Gasteiger partial charge in [-0.1, -0.05) is 39.3 Å². The highest BCUT2D eigenvalue weighted by molar-refractivity contribution is 5.28. The van der Waals surface area contributed by atoms with Crippen molar-refractivity contribution in [2.45, 2.75) is 171 Å². The highest BCUT2D eigenvalue weighted by Gasteiger charge is 2.69. The van der Waals surface area contributed by atoms with Crippen LogP contribution in [0.5, 0.6) is 0 Å². The van der Waals surface area contributed by atoms with E-state index in [1.54, 1.807) is 6.92 Å². The Balaban J connectivity index is 0.949. The predicted molar refractivity (Wildman–Crippen MR) is 183 cm³/mol. The van der Waals surface area contributed by atoms with E-state index in [9.17, 15) is 35.7 Å². The van der Waals surface area contributed by atoms with Crippen LogP contribution in [0.1, 0.15) is 86.0 Å². The smallest absolute Gasteiger partial charge is 0.187 e. The molecule has 296 valence electrons. The van der Waals surface area contributed by atoms with Crippen LogP contribution in [-0.4, -0.2) is 134 Å². The molecule has 0 radical (unpaired) electrons. The van der Waals surface area contributed by atoms with Crippen molar-refractivity contribution in [3.63, 3.8) is 0 Å². The molecule has 52 heavy (non-hydrogen) atoms. The van der Waals surface area contributed by atoms with Gasteiger partial charge in [0.1, 0.15) is 42.7 Å². The zero-order chi connectivity index (χ0) is 37.1. The second-order valence-corrected chi connectivity index (χ2v) is 18.3. The molecule has 13 nitrogen and oxygen atoms in total. The van der Waals surface area contributed by atoms with Gasteiger partial charge in [0, 0.05) is 24.2 Å². The van der Waals surface area contributed by atoms with Crippen LogP contribution in [0, 0.1) is 46.3 Å². The minimum Gasteiger partial charge on any atom is -0.394 e. The fraction of sp³-hybridized carbons (Fsp3) is 0.949. The lowest BCUT2D eigenvalue weighted by atomic mass is 9.46. The molecule has 3 saturated carbocycles. The molecule has 0 aromatic rings. The molecule has 22 atom stereocenters. The highest BCUT2D eigenvalue weighted by atomic mass is 16.7. The molecule has 13 heteroatoms. The van der Waals surface area contributed by atoms with Crippen molar-refractivity contribution in [1.29, 1.82) is 0 Å². The summed E-state index contributed by atoms with van der Waals surface area (Å²) in [5.74, 6) is 2.25. The maximum Gasteiger partial charge on any atom is 0.187 e. The van der Waals surface area contributed by atoms with E-state index in [4.69, 9.17) is 28.4 Å². The first-order chi connectivity index (χ1) is 24.6. The van der Waals surface area contributed by atoms with E-state index < -0.39 is 91.4 Å². The number of aliphatic hydroxyl groups is 7. The second kappa shape index (κ2) is 13.7. The fourth-order valence-electron chi connectivity index (χ4n) is 12.6. The lowest BCUT2D eigenvalue weighted by Gasteiger charge is -2.60. The van der Waals surface area contributed by atoms with Crippen molar-refractivity contribution < 1.29 is 64.2 Å². The van der Waals surface area contributed by atoms with Gasteiger partial charge in [-0.05, 0) is 80.5 Å². The van der Waals surface area contributed by atoms with Crippen LogP contribution >= 0.6 is 0 Å². The van der Waals surface area contributed by atoms with Crippen molar-refractivity contribution in [3.8, 4) is 0 Å². The monoisotopic (exact) mass is 738 g/mol. The van der Waals surface area contributed by atoms with Gasteiger partial charge in [-0.15, -0.1) is 0 Å². The van der Waals surface area contributed by atoms with Crippen LogP contribution in [0.3, 0.4) is 0 Å². The van der Waals surface area contributed by atoms with Gasteiger partial charge < -0.3 is 64.2 Å². The van der Waals surface area contributed by atoms with Gasteiger partial charge in [0.15, 0.2) is 18.4 Å². The highest BCUT2D eigenvalue weighted by Crippen LogP contribution is 2.70. The number of hydrogen-bond donors (Lipinski definition) is 7. The number of rotatable bonds is 5. The topological polar surface area (TPSA) is 197 Å². The van der Waals surface area contributed by atoms with Gasteiger partial charge in [-0.25, -0.2) is 0 Å². The molecule has 1 spiro atoms. The SMILES string of the molecule is CC1CCC2(OC1)OC1CC3C4CC=C5CC(OC6OC(C)C(O)C(OC7OC(CO)C(O)C(O)C7O)C6O)CC(O)C5(C)C4CCC3(C)C1C2C. The van der Waals surface area contributed by atoms with E-state index in [2.05, 4.69) is 33.8 Å². The molecule has 0 aromatic heterocycles. The molecule has 4 aliphatic carbocycles.